The highest BCUT2D eigenvalue weighted by molar-refractivity contribution is 9.10. The molecule has 3 heterocycles. The van der Waals surface area contributed by atoms with Crippen LogP contribution in [0.1, 0.15) is 5.69 Å². The van der Waals surface area contributed by atoms with E-state index in [0.717, 1.165) is 39.5 Å². The zero-order valence-corrected chi connectivity index (χ0v) is 17.1. The molecule has 0 amide bonds. The summed E-state index contributed by atoms with van der Waals surface area (Å²) in [5.41, 5.74) is 2.50. The van der Waals surface area contributed by atoms with Crippen molar-refractivity contribution in [1.82, 2.24) is 14.5 Å². The minimum atomic E-state index is -1.07. The number of hydrogen-bond donors (Lipinski definition) is 0. The molecule has 0 aliphatic carbocycles. The zero-order chi connectivity index (χ0) is 17.3. The van der Waals surface area contributed by atoms with Crippen LogP contribution in [0, 0.1) is 6.92 Å². The van der Waals surface area contributed by atoms with Crippen LogP contribution in [0.4, 0.5) is 0 Å². The van der Waals surface area contributed by atoms with Gasteiger partial charge in [-0.2, -0.15) is 0 Å². The van der Waals surface area contributed by atoms with E-state index in [-0.39, 0.29) is 0 Å². The molecule has 0 spiro atoms. The van der Waals surface area contributed by atoms with Gasteiger partial charge in [0.2, 0.25) is 0 Å². The third-order valence-corrected chi connectivity index (χ3v) is 6.21. The maximum atomic E-state index is 5.87. The fourth-order valence-corrected chi connectivity index (χ4v) is 3.75. The van der Waals surface area contributed by atoms with Gasteiger partial charge in [0.15, 0.2) is 12.2 Å². The number of nitrogens with zero attached hydrogens (tertiary/aromatic N) is 3. The van der Waals surface area contributed by atoms with E-state index in [1.807, 2.05) is 29.8 Å². The van der Waals surface area contributed by atoms with E-state index in [1.165, 1.54) is 6.39 Å². The fourth-order valence-electron chi connectivity index (χ4n) is 2.44. The molecule has 24 heavy (non-hydrogen) atoms. The standard InChI is InChI=1S/C17H22BrN3O2Si/c1-12-16(23-10-19-12)15-6-5-13-14(18)9-21(17(13)20-15)11-22-7-8-24(2,3)4/h5-6,9-10H,7-8,11H2,1-4H3. The molecule has 0 aliphatic heterocycles. The Kier molecular flexibility index (Phi) is 4.94. The van der Waals surface area contributed by atoms with Crippen LogP contribution in [0.3, 0.4) is 0 Å². The van der Waals surface area contributed by atoms with Gasteiger partial charge >= 0.3 is 0 Å². The van der Waals surface area contributed by atoms with E-state index in [9.17, 15) is 0 Å². The Morgan fingerprint density at radius 3 is 2.75 bits per heavy atom. The number of fused-ring (bicyclic) bond motifs is 1. The van der Waals surface area contributed by atoms with E-state index >= 15 is 0 Å². The molecule has 0 aromatic carbocycles. The van der Waals surface area contributed by atoms with E-state index in [0.29, 0.717) is 12.5 Å². The van der Waals surface area contributed by atoms with E-state index < -0.39 is 8.07 Å². The lowest BCUT2D eigenvalue weighted by Gasteiger charge is -2.15. The summed E-state index contributed by atoms with van der Waals surface area (Å²) < 4.78 is 14.4. The Bertz CT molecular complexity index is 851. The van der Waals surface area contributed by atoms with Gasteiger partial charge in [-0.15, -0.1) is 0 Å². The quantitative estimate of drug-likeness (QED) is 0.422. The van der Waals surface area contributed by atoms with Crippen molar-refractivity contribution in [1.29, 1.82) is 0 Å². The second-order valence-electron chi connectivity index (χ2n) is 7.13. The molecule has 0 bridgehead atoms. The Balaban J connectivity index is 1.84. The first-order valence-electron chi connectivity index (χ1n) is 7.99. The predicted octanol–water partition coefficient (Wildman–Crippen LogP) is 5.07. The summed E-state index contributed by atoms with van der Waals surface area (Å²) in [5.74, 6) is 0.709. The van der Waals surface area contributed by atoms with Crippen molar-refractivity contribution >= 4 is 35.0 Å². The summed E-state index contributed by atoms with van der Waals surface area (Å²) >= 11 is 3.60. The maximum Gasteiger partial charge on any atom is 0.181 e. The average Bonchev–Trinajstić information content (AvgIpc) is 3.07. The molecule has 0 saturated heterocycles. The van der Waals surface area contributed by atoms with Gasteiger partial charge in [0.05, 0.1) is 5.69 Å². The summed E-state index contributed by atoms with van der Waals surface area (Å²) in [6.45, 7) is 10.3. The van der Waals surface area contributed by atoms with Crippen LogP contribution in [-0.2, 0) is 11.5 Å². The van der Waals surface area contributed by atoms with Crippen LogP contribution in [0.25, 0.3) is 22.5 Å². The highest BCUT2D eigenvalue weighted by Gasteiger charge is 2.15. The SMILES string of the molecule is Cc1ncoc1-c1ccc2c(Br)cn(COCC[Si](C)(C)C)c2n1. The first kappa shape index (κ1) is 17.4. The zero-order valence-electron chi connectivity index (χ0n) is 14.5. The minimum Gasteiger partial charge on any atom is -0.442 e. The number of pyridine rings is 1. The molecule has 0 atom stereocenters. The Morgan fingerprint density at radius 1 is 1.29 bits per heavy atom. The van der Waals surface area contributed by atoms with Crippen LogP contribution in [0.5, 0.6) is 0 Å². The monoisotopic (exact) mass is 407 g/mol. The van der Waals surface area contributed by atoms with E-state index in [1.54, 1.807) is 0 Å². The molecule has 3 aromatic rings. The molecule has 3 aromatic heterocycles. The minimum absolute atomic E-state index is 0.498. The molecular formula is C17H22BrN3O2Si. The lowest BCUT2D eigenvalue weighted by atomic mass is 10.2. The van der Waals surface area contributed by atoms with Gasteiger partial charge < -0.3 is 13.7 Å². The van der Waals surface area contributed by atoms with Crippen molar-refractivity contribution in [3.63, 3.8) is 0 Å². The molecule has 128 valence electrons. The van der Waals surface area contributed by atoms with Gasteiger partial charge in [0, 0.05) is 30.7 Å². The van der Waals surface area contributed by atoms with Crippen LogP contribution in [0.15, 0.2) is 33.6 Å². The number of aryl methyl sites for hydroxylation is 1. The lowest BCUT2D eigenvalue weighted by Crippen LogP contribution is -2.22. The molecule has 0 unspecified atom stereocenters. The van der Waals surface area contributed by atoms with Crippen molar-refractivity contribution < 1.29 is 9.15 Å². The Morgan fingerprint density at radius 2 is 2.08 bits per heavy atom. The number of hydrogen-bond acceptors (Lipinski definition) is 4. The normalized spacial score (nSPS) is 12.2. The largest absolute Gasteiger partial charge is 0.442 e. The number of rotatable bonds is 6. The van der Waals surface area contributed by atoms with Gasteiger partial charge in [-0.1, -0.05) is 19.6 Å². The van der Waals surface area contributed by atoms with Crippen molar-refractivity contribution in [3.05, 3.63) is 34.9 Å². The summed E-state index contributed by atoms with van der Waals surface area (Å²) in [4.78, 5) is 8.90. The van der Waals surface area contributed by atoms with E-state index in [4.69, 9.17) is 14.1 Å². The van der Waals surface area contributed by atoms with E-state index in [2.05, 4.69) is 40.6 Å². The average molecular weight is 408 g/mol. The van der Waals surface area contributed by atoms with Crippen LogP contribution >= 0.6 is 15.9 Å². The van der Waals surface area contributed by atoms with Crippen molar-refractivity contribution in [2.24, 2.45) is 0 Å². The highest BCUT2D eigenvalue weighted by Crippen LogP contribution is 2.29. The molecule has 7 heteroatoms. The van der Waals surface area contributed by atoms with Crippen LogP contribution in [-0.4, -0.2) is 29.2 Å². The number of halogens is 1. The van der Waals surface area contributed by atoms with Crippen molar-refractivity contribution in [2.45, 2.75) is 39.3 Å². The molecule has 3 rings (SSSR count). The Labute approximate surface area is 151 Å². The highest BCUT2D eigenvalue weighted by atomic mass is 79.9. The summed E-state index contributed by atoms with van der Waals surface area (Å²) in [6.07, 6.45) is 3.47. The first-order chi connectivity index (χ1) is 11.3. The van der Waals surface area contributed by atoms with Crippen LogP contribution in [0.2, 0.25) is 25.7 Å². The molecule has 5 nitrogen and oxygen atoms in total. The van der Waals surface area contributed by atoms with Gasteiger partial charge in [0.1, 0.15) is 18.1 Å². The maximum absolute atomic E-state index is 5.87. The summed E-state index contributed by atoms with van der Waals surface area (Å²) in [6, 6.07) is 5.16. The predicted molar refractivity (Wildman–Crippen MR) is 102 cm³/mol. The van der Waals surface area contributed by atoms with Gasteiger partial charge in [-0.05, 0) is 41.0 Å². The summed E-state index contributed by atoms with van der Waals surface area (Å²) in [5, 5.41) is 1.06. The van der Waals surface area contributed by atoms with Gasteiger partial charge in [0.25, 0.3) is 0 Å². The Hall–Kier alpha value is -1.44. The molecule has 0 saturated carbocycles. The van der Waals surface area contributed by atoms with Gasteiger partial charge in [-0.25, -0.2) is 9.97 Å². The van der Waals surface area contributed by atoms with Crippen LogP contribution < -0.4 is 0 Å². The second-order valence-corrected chi connectivity index (χ2v) is 13.6. The molecular weight excluding hydrogens is 386 g/mol. The fraction of sp³-hybridized carbons (Fsp3) is 0.412. The summed E-state index contributed by atoms with van der Waals surface area (Å²) in [7, 11) is -1.07. The van der Waals surface area contributed by atoms with Gasteiger partial charge in [-0.3, -0.25) is 0 Å². The third kappa shape index (κ3) is 3.79. The number of oxazole rings is 1. The first-order valence-corrected chi connectivity index (χ1v) is 12.5. The smallest absolute Gasteiger partial charge is 0.181 e. The van der Waals surface area contributed by atoms with Crippen molar-refractivity contribution in [3.8, 4) is 11.5 Å². The lowest BCUT2D eigenvalue weighted by molar-refractivity contribution is 0.0898. The molecule has 0 N–H and O–H groups in total. The second kappa shape index (κ2) is 6.82. The topological polar surface area (TPSA) is 53.1 Å². The number of ether oxygens (including phenoxy) is 1. The molecule has 0 fully saturated rings. The third-order valence-electron chi connectivity index (χ3n) is 3.88. The molecule has 0 aliphatic rings. The van der Waals surface area contributed by atoms with Crippen molar-refractivity contribution in [2.75, 3.05) is 6.61 Å². The molecule has 0 radical (unpaired) electrons. The number of aromatic nitrogens is 3.